The minimum Gasteiger partial charge on any atom is -0.496 e. The number of rotatable bonds is 4. The molecule has 0 saturated carbocycles. The first kappa shape index (κ1) is 17.6. The summed E-state index contributed by atoms with van der Waals surface area (Å²) < 4.78 is 33.5. The van der Waals surface area contributed by atoms with Crippen LogP contribution in [0.25, 0.3) is 11.0 Å². The number of aryl methyl sites for hydroxylation is 1. The zero-order valence-electron chi connectivity index (χ0n) is 14.8. The molecule has 9 heteroatoms. The molecule has 1 aromatic carbocycles. The number of methoxy groups -OCH3 is 1. The van der Waals surface area contributed by atoms with Gasteiger partial charge in [-0.05, 0) is 37.6 Å². The molecule has 1 aliphatic rings. The Morgan fingerprint density at radius 2 is 2.07 bits per heavy atom. The van der Waals surface area contributed by atoms with Gasteiger partial charge < -0.3 is 4.74 Å². The van der Waals surface area contributed by atoms with Gasteiger partial charge >= 0.3 is 0 Å². The Balaban J connectivity index is 2.00. The minimum absolute atomic E-state index is 0.252. The Bertz CT molecular complexity index is 1200. The molecule has 0 saturated heterocycles. The summed E-state index contributed by atoms with van der Waals surface area (Å²) in [4.78, 5) is 20.9. The Morgan fingerprint density at radius 3 is 2.81 bits per heavy atom. The second-order valence-electron chi connectivity index (χ2n) is 6.27. The predicted molar refractivity (Wildman–Crippen MR) is 99.5 cm³/mol. The van der Waals surface area contributed by atoms with Gasteiger partial charge in [0, 0.05) is 23.2 Å². The first-order valence-corrected chi connectivity index (χ1v) is 9.92. The molecule has 0 spiro atoms. The molecule has 27 heavy (non-hydrogen) atoms. The Labute approximate surface area is 155 Å². The standard InChI is InChI=1S/C18H18N4O4S/c1-19-27(24,25)18-20-10-12-7-9-15(23)22(17(12)21-18)13-8-6-11-4-3-5-14(26-2)16(11)13/h3-5,7,9-10,13,19H,6,8H2,1-2H3. The van der Waals surface area contributed by atoms with E-state index in [1.54, 1.807) is 17.7 Å². The number of hydrogen-bond acceptors (Lipinski definition) is 6. The van der Waals surface area contributed by atoms with Crippen LogP contribution in [0.1, 0.15) is 23.6 Å². The molecule has 2 heterocycles. The molecule has 1 atom stereocenters. The molecular formula is C18H18N4O4S. The SMILES string of the molecule is CNS(=O)(=O)c1ncc2ccc(=O)n(C3CCc4cccc(OC)c43)c2n1. The average molecular weight is 386 g/mol. The Kier molecular flexibility index (Phi) is 4.20. The highest BCUT2D eigenvalue weighted by Crippen LogP contribution is 2.40. The van der Waals surface area contributed by atoms with Crippen molar-refractivity contribution >= 4 is 21.1 Å². The highest BCUT2D eigenvalue weighted by molar-refractivity contribution is 7.89. The number of pyridine rings is 1. The highest BCUT2D eigenvalue weighted by atomic mass is 32.2. The number of benzene rings is 1. The summed E-state index contributed by atoms with van der Waals surface area (Å²) in [6, 6.07) is 8.56. The van der Waals surface area contributed by atoms with Crippen molar-refractivity contribution in [2.45, 2.75) is 24.0 Å². The number of nitrogens with zero attached hydrogens (tertiary/aromatic N) is 3. The first-order valence-electron chi connectivity index (χ1n) is 8.44. The van der Waals surface area contributed by atoms with E-state index in [2.05, 4.69) is 14.7 Å². The van der Waals surface area contributed by atoms with E-state index in [9.17, 15) is 13.2 Å². The van der Waals surface area contributed by atoms with E-state index in [1.807, 2.05) is 18.2 Å². The van der Waals surface area contributed by atoms with Crippen molar-refractivity contribution in [3.05, 3.63) is 58.0 Å². The van der Waals surface area contributed by atoms with Crippen LogP contribution in [0.4, 0.5) is 0 Å². The molecule has 0 bridgehead atoms. The van der Waals surface area contributed by atoms with Crippen LogP contribution in [0.3, 0.4) is 0 Å². The second kappa shape index (κ2) is 6.43. The maximum atomic E-state index is 12.8. The number of fused-ring (bicyclic) bond motifs is 2. The fourth-order valence-corrected chi connectivity index (χ4v) is 4.18. The van der Waals surface area contributed by atoms with Crippen LogP contribution in [0.5, 0.6) is 5.75 Å². The van der Waals surface area contributed by atoms with Crippen molar-refractivity contribution in [1.82, 2.24) is 19.3 Å². The summed E-state index contributed by atoms with van der Waals surface area (Å²) in [7, 11) is -0.944. The fourth-order valence-electron chi connectivity index (χ4n) is 3.60. The molecular weight excluding hydrogens is 368 g/mol. The van der Waals surface area contributed by atoms with Crippen LogP contribution in [0.15, 0.2) is 46.5 Å². The van der Waals surface area contributed by atoms with Crippen molar-refractivity contribution < 1.29 is 13.2 Å². The van der Waals surface area contributed by atoms with Crippen molar-refractivity contribution in [1.29, 1.82) is 0 Å². The van der Waals surface area contributed by atoms with Crippen molar-refractivity contribution in [3.63, 3.8) is 0 Å². The Hall–Kier alpha value is -2.78. The van der Waals surface area contributed by atoms with Crippen LogP contribution in [0, 0.1) is 0 Å². The first-order chi connectivity index (χ1) is 13.0. The lowest BCUT2D eigenvalue weighted by molar-refractivity contribution is 0.403. The number of ether oxygens (including phenoxy) is 1. The molecule has 4 rings (SSSR count). The van der Waals surface area contributed by atoms with Gasteiger partial charge in [0.2, 0.25) is 0 Å². The third-order valence-corrected chi connectivity index (χ3v) is 6.08. The molecule has 2 aromatic heterocycles. The van der Waals surface area contributed by atoms with Crippen LogP contribution < -0.4 is 15.0 Å². The largest absolute Gasteiger partial charge is 0.496 e. The third-order valence-electron chi connectivity index (χ3n) is 4.86. The number of aromatic nitrogens is 3. The van der Waals surface area contributed by atoms with Gasteiger partial charge in [-0.15, -0.1) is 0 Å². The molecule has 0 amide bonds. The third kappa shape index (κ3) is 2.79. The van der Waals surface area contributed by atoms with Crippen molar-refractivity contribution in [2.24, 2.45) is 0 Å². The van der Waals surface area contributed by atoms with Gasteiger partial charge in [-0.2, -0.15) is 4.98 Å². The minimum atomic E-state index is -3.83. The molecule has 0 fully saturated rings. The normalized spacial score (nSPS) is 16.4. The zero-order valence-corrected chi connectivity index (χ0v) is 15.7. The number of sulfonamides is 1. The lowest BCUT2D eigenvalue weighted by Gasteiger charge is -2.19. The van der Waals surface area contributed by atoms with Gasteiger partial charge in [0.05, 0.1) is 13.2 Å². The fraction of sp³-hybridized carbons (Fsp3) is 0.278. The van der Waals surface area contributed by atoms with Gasteiger partial charge in [0.25, 0.3) is 20.7 Å². The summed E-state index contributed by atoms with van der Waals surface area (Å²) in [5, 5.41) is 0.225. The van der Waals surface area contributed by atoms with E-state index < -0.39 is 10.0 Å². The average Bonchev–Trinajstić information content (AvgIpc) is 3.11. The van der Waals surface area contributed by atoms with Gasteiger partial charge in [-0.3, -0.25) is 9.36 Å². The lowest BCUT2D eigenvalue weighted by atomic mass is 10.1. The van der Waals surface area contributed by atoms with E-state index in [-0.39, 0.29) is 22.4 Å². The van der Waals surface area contributed by atoms with Crippen LogP contribution >= 0.6 is 0 Å². The summed E-state index contributed by atoms with van der Waals surface area (Å²) in [6.07, 6.45) is 2.92. The Morgan fingerprint density at radius 1 is 1.26 bits per heavy atom. The topological polar surface area (TPSA) is 103 Å². The molecule has 1 N–H and O–H groups in total. The van der Waals surface area contributed by atoms with E-state index in [0.29, 0.717) is 17.6 Å². The summed E-state index contributed by atoms with van der Waals surface area (Å²) >= 11 is 0. The van der Waals surface area contributed by atoms with Crippen LogP contribution in [-0.4, -0.2) is 37.1 Å². The van der Waals surface area contributed by atoms with Gasteiger partial charge in [0.15, 0.2) is 0 Å². The molecule has 0 aliphatic heterocycles. The quantitative estimate of drug-likeness (QED) is 0.677. The second-order valence-corrected chi connectivity index (χ2v) is 8.05. The molecule has 1 aliphatic carbocycles. The van der Waals surface area contributed by atoms with Crippen molar-refractivity contribution in [3.8, 4) is 5.75 Å². The van der Waals surface area contributed by atoms with Crippen molar-refractivity contribution in [2.75, 3.05) is 14.2 Å². The maximum Gasteiger partial charge on any atom is 0.276 e. The van der Waals surface area contributed by atoms with Crippen LogP contribution in [-0.2, 0) is 16.4 Å². The summed E-state index contributed by atoms with van der Waals surface area (Å²) in [5.74, 6) is 0.705. The lowest BCUT2D eigenvalue weighted by Crippen LogP contribution is -2.26. The monoisotopic (exact) mass is 386 g/mol. The van der Waals surface area contributed by atoms with Gasteiger partial charge in [0.1, 0.15) is 11.4 Å². The molecule has 0 radical (unpaired) electrons. The highest BCUT2D eigenvalue weighted by Gasteiger charge is 2.30. The maximum absolute atomic E-state index is 12.8. The van der Waals surface area contributed by atoms with E-state index in [1.165, 1.54) is 19.3 Å². The molecule has 140 valence electrons. The number of hydrogen-bond donors (Lipinski definition) is 1. The predicted octanol–water partition coefficient (Wildman–Crippen LogP) is 1.24. The molecule has 3 aromatic rings. The molecule has 8 nitrogen and oxygen atoms in total. The smallest absolute Gasteiger partial charge is 0.276 e. The van der Waals surface area contributed by atoms with Crippen LogP contribution in [0.2, 0.25) is 0 Å². The van der Waals surface area contributed by atoms with E-state index in [0.717, 1.165) is 17.5 Å². The summed E-state index contributed by atoms with van der Waals surface area (Å²) in [5.41, 5.74) is 2.08. The summed E-state index contributed by atoms with van der Waals surface area (Å²) in [6.45, 7) is 0. The van der Waals surface area contributed by atoms with Gasteiger partial charge in [-0.1, -0.05) is 12.1 Å². The molecule has 1 unspecified atom stereocenters. The van der Waals surface area contributed by atoms with E-state index in [4.69, 9.17) is 4.74 Å². The zero-order chi connectivity index (χ0) is 19.2. The number of nitrogens with one attached hydrogen (secondary N) is 1. The van der Waals surface area contributed by atoms with Gasteiger partial charge in [-0.25, -0.2) is 18.1 Å². The van der Waals surface area contributed by atoms with E-state index >= 15 is 0 Å².